The second kappa shape index (κ2) is 23.5. The predicted octanol–water partition coefficient (Wildman–Crippen LogP) is 5.83. The fraction of sp³-hybridized carbons (Fsp3) is 0.944. The van der Waals surface area contributed by atoms with Crippen molar-refractivity contribution in [3.8, 4) is 0 Å². The molecule has 0 aromatic heterocycles. The van der Waals surface area contributed by atoms with E-state index in [0.717, 1.165) is 12.8 Å². The summed E-state index contributed by atoms with van der Waals surface area (Å²) in [7, 11) is 0. The molecule has 0 aliphatic rings. The van der Waals surface area contributed by atoms with E-state index in [1.165, 1.54) is 83.5 Å². The second-order valence-electron chi connectivity index (χ2n) is 6.09. The molecule has 0 heterocycles. The minimum Gasteiger partial charge on any atom is -2.00 e. The summed E-state index contributed by atoms with van der Waals surface area (Å²) in [5, 5.41) is 8.52. The Kier molecular flexibility index (Phi) is 28.9. The molecule has 0 saturated heterocycles. The summed E-state index contributed by atoms with van der Waals surface area (Å²) in [6.07, 6.45) is 20.2. The predicted molar refractivity (Wildman–Crippen MR) is 93.6 cm³/mol. The van der Waals surface area contributed by atoms with Crippen molar-refractivity contribution >= 4 is 29.0 Å². The molecule has 3 nitrogen and oxygen atoms in total. The Hall–Kier alpha value is 0.196. The van der Waals surface area contributed by atoms with Gasteiger partial charge in [0.1, 0.15) is 0 Å². The van der Waals surface area contributed by atoms with Crippen molar-refractivity contribution in [3.63, 3.8) is 0 Å². The summed E-state index contributed by atoms with van der Waals surface area (Å²) in [4.78, 5) is 10.3. The molecule has 0 unspecified atom stereocenters. The molecule has 0 aromatic rings. The molecule has 4 heteroatoms. The van der Waals surface area contributed by atoms with Crippen molar-refractivity contribution in [2.75, 3.05) is 0 Å². The Morgan fingerprint density at radius 3 is 1.18 bits per heavy atom. The van der Waals surface area contributed by atoms with E-state index < -0.39 is 5.97 Å². The monoisotopic (exact) mass is 324 g/mol. The third kappa shape index (κ3) is 25.2. The number of aliphatic carboxylic acids is 1. The van der Waals surface area contributed by atoms with Crippen LogP contribution >= 0.6 is 0 Å². The zero-order valence-corrected chi connectivity index (χ0v) is 16.2. The largest absolute Gasteiger partial charge is 2.00 e. The maximum absolute atomic E-state index is 10.3. The normalized spacial score (nSPS) is 9.86. The van der Waals surface area contributed by atoms with Gasteiger partial charge < -0.3 is 10.6 Å². The number of carboxylic acids is 1. The Morgan fingerprint density at radius 2 is 0.909 bits per heavy atom. The molecule has 0 aliphatic carbocycles. The fourth-order valence-corrected chi connectivity index (χ4v) is 2.65. The molecular formula is C18H36MgO3. The molecule has 0 rings (SSSR count). The van der Waals surface area contributed by atoms with Gasteiger partial charge in [0.25, 0.3) is 0 Å². The van der Waals surface area contributed by atoms with Crippen LogP contribution < -0.4 is 0 Å². The van der Waals surface area contributed by atoms with Gasteiger partial charge in [0.05, 0.1) is 0 Å². The van der Waals surface area contributed by atoms with Gasteiger partial charge in [0, 0.05) is 6.42 Å². The van der Waals surface area contributed by atoms with Crippen LogP contribution in [0.1, 0.15) is 110 Å². The first-order valence-electron chi connectivity index (χ1n) is 8.99. The van der Waals surface area contributed by atoms with Crippen molar-refractivity contribution in [3.05, 3.63) is 0 Å². The van der Waals surface area contributed by atoms with Gasteiger partial charge in [-0.25, -0.2) is 0 Å². The minimum absolute atomic E-state index is 0. The first kappa shape index (κ1) is 27.1. The standard InChI is InChI=1S/C18H36O2.Mg.O/c1-2-3-4-5-6-7-8-9-10-11-12-13-14-15-16-17-18(19)20;;/h2-17H2,1H3,(H,19,20);;/q;+2;-2. The van der Waals surface area contributed by atoms with E-state index in [2.05, 4.69) is 6.92 Å². The van der Waals surface area contributed by atoms with Crippen LogP contribution in [0, 0.1) is 0 Å². The van der Waals surface area contributed by atoms with E-state index in [1.807, 2.05) is 0 Å². The SMILES string of the molecule is CCCCCCCCCCCCCCCCCC(=O)O.[Mg+2].[O-2]. The van der Waals surface area contributed by atoms with Gasteiger partial charge in [0.15, 0.2) is 0 Å². The zero-order valence-electron chi connectivity index (χ0n) is 14.8. The van der Waals surface area contributed by atoms with Crippen molar-refractivity contribution in [2.24, 2.45) is 0 Å². The molecular weight excluding hydrogens is 288 g/mol. The van der Waals surface area contributed by atoms with E-state index >= 15 is 0 Å². The minimum atomic E-state index is -0.653. The van der Waals surface area contributed by atoms with Crippen LogP contribution in [0.2, 0.25) is 0 Å². The first-order chi connectivity index (χ1) is 9.77. The summed E-state index contributed by atoms with van der Waals surface area (Å²) >= 11 is 0. The fourth-order valence-electron chi connectivity index (χ4n) is 2.65. The zero-order chi connectivity index (χ0) is 14.9. The average Bonchev–Trinajstić information content (AvgIpc) is 2.43. The first-order valence-corrected chi connectivity index (χ1v) is 8.99. The quantitative estimate of drug-likeness (QED) is 0.286. The average molecular weight is 325 g/mol. The van der Waals surface area contributed by atoms with Gasteiger partial charge >= 0.3 is 29.0 Å². The molecule has 0 saturated carbocycles. The number of unbranched alkanes of at least 4 members (excludes halogenated alkanes) is 14. The molecule has 0 aliphatic heterocycles. The van der Waals surface area contributed by atoms with Gasteiger partial charge in [-0.3, -0.25) is 4.79 Å². The van der Waals surface area contributed by atoms with Crippen LogP contribution in [-0.4, -0.2) is 34.1 Å². The molecule has 22 heavy (non-hydrogen) atoms. The van der Waals surface area contributed by atoms with E-state index in [0.29, 0.717) is 6.42 Å². The van der Waals surface area contributed by atoms with Crippen LogP contribution in [0.25, 0.3) is 0 Å². The topological polar surface area (TPSA) is 65.8 Å². The number of hydrogen-bond acceptors (Lipinski definition) is 1. The summed E-state index contributed by atoms with van der Waals surface area (Å²) in [6.45, 7) is 2.27. The van der Waals surface area contributed by atoms with Gasteiger partial charge in [-0.2, -0.15) is 0 Å². The van der Waals surface area contributed by atoms with Gasteiger partial charge in [-0.05, 0) is 6.42 Å². The Morgan fingerprint density at radius 1 is 0.636 bits per heavy atom. The Bertz CT molecular complexity index is 211. The van der Waals surface area contributed by atoms with Crippen LogP contribution in [0.5, 0.6) is 0 Å². The van der Waals surface area contributed by atoms with Crippen molar-refractivity contribution < 1.29 is 15.4 Å². The van der Waals surface area contributed by atoms with E-state index in [-0.39, 0.29) is 28.5 Å². The Balaban J connectivity index is -0.00000180. The van der Waals surface area contributed by atoms with Crippen LogP contribution in [0.15, 0.2) is 0 Å². The van der Waals surface area contributed by atoms with Gasteiger partial charge in [-0.1, -0.05) is 96.8 Å². The number of carbonyl (C=O) groups is 1. The van der Waals surface area contributed by atoms with Crippen molar-refractivity contribution in [1.29, 1.82) is 0 Å². The molecule has 0 amide bonds. The van der Waals surface area contributed by atoms with E-state index in [4.69, 9.17) is 5.11 Å². The van der Waals surface area contributed by atoms with E-state index in [1.54, 1.807) is 0 Å². The van der Waals surface area contributed by atoms with Crippen LogP contribution in [0.4, 0.5) is 0 Å². The summed E-state index contributed by atoms with van der Waals surface area (Å²) in [5.41, 5.74) is 0. The third-order valence-electron chi connectivity index (χ3n) is 3.99. The Labute approximate surface area is 154 Å². The molecule has 1 N–H and O–H groups in total. The number of carboxylic acid groups (broad SMARTS) is 1. The third-order valence-corrected chi connectivity index (χ3v) is 3.99. The summed E-state index contributed by atoms with van der Waals surface area (Å²) in [5.74, 6) is -0.653. The molecule has 128 valence electrons. The van der Waals surface area contributed by atoms with E-state index in [9.17, 15) is 4.79 Å². The molecule has 0 atom stereocenters. The van der Waals surface area contributed by atoms with Crippen molar-refractivity contribution in [1.82, 2.24) is 0 Å². The molecule has 0 spiro atoms. The molecule has 0 radical (unpaired) electrons. The van der Waals surface area contributed by atoms with Crippen LogP contribution in [-0.2, 0) is 10.3 Å². The van der Waals surface area contributed by atoms with Crippen LogP contribution in [0.3, 0.4) is 0 Å². The number of hydrogen-bond donors (Lipinski definition) is 1. The maximum atomic E-state index is 10.3. The molecule has 0 bridgehead atoms. The maximum Gasteiger partial charge on any atom is 2.00 e. The van der Waals surface area contributed by atoms with Gasteiger partial charge in [-0.15, -0.1) is 0 Å². The molecule has 0 aromatic carbocycles. The second-order valence-corrected chi connectivity index (χ2v) is 6.09. The summed E-state index contributed by atoms with van der Waals surface area (Å²) in [6, 6.07) is 0. The van der Waals surface area contributed by atoms with Crippen molar-refractivity contribution in [2.45, 2.75) is 110 Å². The smallest absolute Gasteiger partial charge is 2.00 e. The summed E-state index contributed by atoms with van der Waals surface area (Å²) < 4.78 is 0. The van der Waals surface area contributed by atoms with Gasteiger partial charge in [0.2, 0.25) is 0 Å². The molecule has 0 fully saturated rings. The number of rotatable bonds is 16.